The molecule has 1 saturated heterocycles. The molecule has 1 rings (SSSR count). The number of urea groups is 1. The number of nitrogens with one attached hydrogen (secondary N) is 1. The Morgan fingerprint density at radius 1 is 1.19 bits per heavy atom. The van der Waals surface area contributed by atoms with E-state index in [0.29, 0.717) is 24.9 Å². The van der Waals surface area contributed by atoms with Gasteiger partial charge in [-0.3, -0.25) is 0 Å². The van der Waals surface area contributed by atoms with E-state index in [-0.39, 0.29) is 6.03 Å². The van der Waals surface area contributed by atoms with Crippen LogP contribution in [-0.4, -0.2) is 41.1 Å². The Balaban J connectivity index is 2.64. The standard InChI is InChI=1S/C16H30N2O3/c1-11(2)12-7-6-9-18(10-8-12)15(21)17-13(14(19)20)16(3,4)5/h11-13H,6-10H2,1-5H3,(H,17,21)(H,19,20)/t12?,13-/m0/s1. The quantitative estimate of drug-likeness (QED) is 0.841. The number of carboxylic acids is 1. The molecule has 0 aliphatic carbocycles. The summed E-state index contributed by atoms with van der Waals surface area (Å²) in [6, 6.07) is -1.11. The van der Waals surface area contributed by atoms with Crippen molar-refractivity contribution in [2.45, 2.75) is 59.9 Å². The van der Waals surface area contributed by atoms with E-state index >= 15 is 0 Å². The third kappa shape index (κ3) is 5.21. The lowest BCUT2D eigenvalue weighted by Gasteiger charge is -2.30. The zero-order chi connectivity index (χ0) is 16.2. The molecule has 5 nitrogen and oxygen atoms in total. The number of hydrogen-bond donors (Lipinski definition) is 2. The highest BCUT2D eigenvalue weighted by atomic mass is 16.4. The van der Waals surface area contributed by atoms with Crippen molar-refractivity contribution in [3.05, 3.63) is 0 Å². The maximum atomic E-state index is 12.3. The summed E-state index contributed by atoms with van der Waals surface area (Å²) in [7, 11) is 0. The molecule has 0 aromatic rings. The van der Waals surface area contributed by atoms with Gasteiger partial charge in [0, 0.05) is 13.1 Å². The van der Waals surface area contributed by atoms with Crippen LogP contribution < -0.4 is 5.32 Å². The number of carbonyl (C=O) groups is 2. The minimum Gasteiger partial charge on any atom is -0.480 e. The number of hydrogen-bond acceptors (Lipinski definition) is 2. The van der Waals surface area contributed by atoms with Crippen molar-refractivity contribution in [2.24, 2.45) is 17.3 Å². The third-order valence-corrected chi connectivity index (χ3v) is 4.38. The second-order valence-corrected chi connectivity index (χ2v) is 7.51. The van der Waals surface area contributed by atoms with E-state index in [0.717, 1.165) is 19.3 Å². The molecule has 0 spiro atoms. The molecule has 2 N–H and O–H groups in total. The molecule has 1 aliphatic rings. The lowest BCUT2D eigenvalue weighted by atomic mass is 9.87. The van der Waals surface area contributed by atoms with Gasteiger partial charge >= 0.3 is 12.0 Å². The SMILES string of the molecule is CC(C)C1CCCN(C(=O)N[C@@H](C(=O)O)C(C)(C)C)CC1. The fourth-order valence-corrected chi connectivity index (χ4v) is 2.86. The number of nitrogens with zero attached hydrogens (tertiary/aromatic N) is 1. The van der Waals surface area contributed by atoms with Gasteiger partial charge in [-0.25, -0.2) is 9.59 Å². The van der Waals surface area contributed by atoms with E-state index in [1.807, 2.05) is 20.8 Å². The molecule has 0 aromatic heterocycles. The van der Waals surface area contributed by atoms with Crippen molar-refractivity contribution < 1.29 is 14.7 Å². The summed E-state index contributed by atoms with van der Waals surface area (Å²) < 4.78 is 0. The van der Waals surface area contributed by atoms with Gasteiger partial charge in [0.1, 0.15) is 6.04 Å². The van der Waals surface area contributed by atoms with Crippen LogP contribution in [0.25, 0.3) is 0 Å². The van der Waals surface area contributed by atoms with Crippen molar-refractivity contribution in [3.63, 3.8) is 0 Å². The minimum absolute atomic E-state index is 0.248. The van der Waals surface area contributed by atoms with Crippen molar-refractivity contribution in [2.75, 3.05) is 13.1 Å². The zero-order valence-electron chi connectivity index (χ0n) is 14.0. The second kappa shape index (κ2) is 7.14. The van der Waals surface area contributed by atoms with Gasteiger partial charge in [0.15, 0.2) is 0 Å². The average Bonchev–Trinajstić information content (AvgIpc) is 2.59. The van der Waals surface area contributed by atoms with Crippen LogP contribution in [0.2, 0.25) is 0 Å². The topological polar surface area (TPSA) is 69.6 Å². The molecular weight excluding hydrogens is 268 g/mol. The largest absolute Gasteiger partial charge is 0.480 e. The highest BCUT2D eigenvalue weighted by Crippen LogP contribution is 2.25. The summed E-state index contributed by atoms with van der Waals surface area (Å²) >= 11 is 0. The van der Waals surface area contributed by atoms with Crippen LogP contribution in [0.1, 0.15) is 53.9 Å². The maximum Gasteiger partial charge on any atom is 0.326 e. The zero-order valence-corrected chi connectivity index (χ0v) is 14.0. The Morgan fingerprint density at radius 3 is 2.29 bits per heavy atom. The molecule has 1 fully saturated rings. The summed E-state index contributed by atoms with van der Waals surface area (Å²) in [6.07, 6.45) is 3.13. The van der Waals surface area contributed by atoms with Gasteiger partial charge < -0.3 is 15.3 Å². The van der Waals surface area contributed by atoms with Crippen LogP contribution in [0.5, 0.6) is 0 Å². The van der Waals surface area contributed by atoms with Gasteiger partial charge in [-0.05, 0) is 36.5 Å². The van der Waals surface area contributed by atoms with Gasteiger partial charge in [0.25, 0.3) is 0 Å². The first-order valence-corrected chi connectivity index (χ1v) is 7.91. The Labute approximate surface area is 128 Å². The number of amides is 2. The molecule has 1 aliphatic heterocycles. The van der Waals surface area contributed by atoms with Crippen molar-refractivity contribution >= 4 is 12.0 Å². The molecule has 0 bridgehead atoms. The Hall–Kier alpha value is -1.26. The lowest BCUT2D eigenvalue weighted by molar-refractivity contribution is -0.142. The Morgan fingerprint density at radius 2 is 1.81 bits per heavy atom. The summed E-state index contributed by atoms with van der Waals surface area (Å²) in [6.45, 7) is 11.3. The molecule has 0 saturated carbocycles. The van der Waals surface area contributed by atoms with E-state index in [4.69, 9.17) is 0 Å². The smallest absolute Gasteiger partial charge is 0.326 e. The van der Waals surface area contributed by atoms with Gasteiger partial charge in [-0.15, -0.1) is 0 Å². The summed E-state index contributed by atoms with van der Waals surface area (Å²) in [5, 5.41) is 12.0. The fraction of sp³-hybridized carbons (Fsp3) is 0.875. The van der Waals surface area contributed by atoms with E-state index in [9.17, 15) is 14.7 Å². The van der Waals surface area contributed by atoms with Crippen molar-refractivity contribution in [3.8, 4) is 0 Å². The number of aliphatic carboxylic acids is 1. The number of carboxylic acid groups (broad SMARTS) is 1. The number of rotatable bonds is 3. The van der Waals surface area contributed by atoms with E-state index < -0.39 is 17.4 Å². The maximum absolute atomic E-state index is 12.3. The second-order valence-electron chi connectivity index (χ2n) is 7.51. The van der Waals surface area contributed by atoms with E-state index in [1.54, 1.807) is 4.90 Å². The Bertz CT molecular complexity index is 374. The van der Waals surface area contributed by atoms with Crippen LogP contribution in [0, 0.1) is 17.3 Å². The van der Waals surface area contributed by atoms with Crippen molar-refractivity contribution in [1.29, 1.82) is 0 Å². The van der Waals surface area contributed by atoms with E-state index in [2.05, 4.69) is 19.2 Å². The number of likely N-dealkylation sites (tertiary alicyclic amines) is 1. The first-order valence-electron chi connectivity index (χ1n) is 7.91. The molecule has 1 heterocycles. The van der Waals surface area contributed by atoms with E-state index in [1.165, 1.54) is 0 Å². The van der Waals surface area contributed by atoms with Crippen LogP contribution in [0.3, 0.4) is 0 Å². The number of carbonyl (C=O) groups excluding carboxylic acids is 1. The Kier molecular flexibility index (Phi) is 6.05. The summed E-state index contributed by atoms with van der Waals surface area (Å²) in [4.78, 5) is 25.4. The molecule has 5 heteroatoms. The first kappa shape index (κ1) is 17.8. The predicted molar refractivity (Wildman–Crippen MR) is 83.2 cm³/mol. The van der Waals surface area contributed by atoms with Gasteiger partial charge in [0.2, 0.25) is 0 Å². The summed E-state index contributed by atoms with van der Waals surface area (Å²) in [5.41, 5.74) is -0.506. The highest BCUT2D eigenvalue weighted by Gasteiger charge is 2.34. The normalized spacial score (nSPS) is 21.8. The predicted octanol–water partition coefficient (Wildman–Crippen LogP) is 2.95. The van der Waals surface area contributed by atoms with Gasteiger partial charge in [-0.1, -0.05) is 34.6 Å². The molecule has 1 unspecified atom stereocenters. The van der Waals surface area contributed by atoms with Crippen molar-refractivity contribution in [1.82, 2.24) is 10.2 Å². The third-order valence-electron chi connectivity index (χ3n) is 4.38. The minimum atomic E-state index is -0.981. The molecule has 0 radical (unpaired) electrons. The van der Waals surface area contributed by atoms with Crippen LogP contribution in [-0.2, 0) is 4.79 Å². The lowest BCUT2D eigenvalue weighted by Crippen LogP contribution is -2.53. The molecule has 2 amide bonds. The highest BCUT2D eigenvalue weighted by molar-refractivity contribution is 5.83. The molecule has 122 valence electrons. The molecule has 21 heavy (non-hydrogen) atoms. The monoisotopic (exact) mass is 298 g/mol. The summed E-state index contributed by atoms with van der Waals surface area (Å²) in [5.74, 6) is 0.306. The average molecular weight is 298 g/mol. The van der Waals surface area contributed by atoms with Crippen LogP contribution >= 0.6 is 0 Å². The molecule has 0 aromatic carbocycles. The first-order chi connectivity index (χ1) is 9.62. The van der Waals surface area contributed by atoms with Gasteiger partial charge in [-0.2, -0.15) is 0 Å². The van der Waals surface area contributed by atoms with Gasteiger partial charge in [0.05, 0.1) is 0 Å². The molecular formula is C16H30N2O3. The van der Waals surface area contributed by atoms with Crippen LogP contribution in [0.4, 0.5) is 4.79 Å². The fourth-order valence-electron chi connectivity index (χ4n) is 2.86. The van der Waals surface area contributed by atoms with Crippen LogP contribution in [0.15, 0.2) is 0 Å². The molecule has 2 atom stereocenters.